The molecule has 0 radical (unpaired) electrons. The van der Waals surface area contributed by atoms with Crippen molar-refractivity contribution in [2.75, 3.05) is 5.88 Å². The van der Waals surface area contributed by atoms with Crippen molar-refractivity contribution in [2.45, 2.75) is 45.6 Å². The molecule has 0 atom stereocenters. The van der Waals surface area contributed by atoms with E-state index in [0.29, 0.717) is 17.0 Å². The van der Waals surface area contributed by atoms with Gasteiger partial charge in [-0.05, 0) is 44.2 Å². The van der Waals surface area contributed by atoms with Crippen molar-refractivity contribution < 1.29 is 9.59 Å². The second-order valence-electron chi connectivity index (χ2n) is 5.86. The minimum atomic E-state index is -0.261. The normalized spacial score (nSPS) is 13.7. The zero-order chi connectivity index (χ0) is 16.1. The molecule has 1 aromatic carbocycles. The van der Waals surface area contributed by atoms with Gasteiger partial charge in [-0.25, -0.2) is 0 Å². The highest BCUT2D eigenvalue weighted by atomic mass is 35.5. The van der Waals surface area contributed by atoms with Crippen molar-refractivity contribution in [1.82, 2.24) is 5.32 Å². The lowest BCUT2D eigenvalue weighted by Crippen LogP contribution is -2.33. The minimum Gasteiger partial charge on any atom is -0.350 e. The van der Waals surface area contributed by atoms with E-state index in [1.807, 2.05) is 32.0 Å². The number of ketones is 1. The van der Waals surface area contributed by atoms with Gasteiger partial charge in [0.05, 0.1) is 5.57 Å². The topological polar surface area (TPSA) is 46.2 Å². The van der Waals surface area contributed by atoms with Gasteiger partial charge in [0.15, 0.2) is 5.78 Å². The molecule has 22 heavy (non-hydrogen) atoms. The van der Waals surface area contributed by atoms with E-state index in [2.05, 4.69) is 5.32 Å². The van der Waals surface area contributed by atoms with Crippen LogP contribution in [0.1, 0.15) is 55.5 Å². The molecule has 1 amide bonds. The summed E-state index contributed by atoms with van der Waals surface area (Å²) in [5.74, 6) is 0.236. The molecule has 1 aliphatic carbocycles. The summed E-state index contributed by atoms with van der Waals surface area (Å²) < 4.78 is 0. The number of carbonyl (C=O) groups is 2. The average molecular weight is 320 g/mol. The minimum absolute atomic E-state index is 0.00834. The van der Waals surface area contributed by atoms with Crippen LogP contribution in [-0.4, -0.2) is 23.6 Å². The molecule has 118 valence electrons. The van der Waals surface area contributed by atoms with Crippen LogP contribution >= 0.6 is 11.6 Å². The van der Waals surface area contributed by atoms with Crippen LogP contribution in [0.5, 0.6) is 0 Å². The van der Waals surface area contributed by atoms with Gasteiger partial charge >= 0.3 is 0 Å². The van der Waals surface area contributed by atoms with Crippen LogP contribution in [0.3, 0.4) is 0 Å². The number of halogens is 1. The summed E-state index contributed by atoms with van der Waals surface area (Å²) in [6, 6.07) is 7.49. The number of allylic oxidation sites excluding steroid dienone is 1. The van der Waals surface area contributed by atoms with Gasteiger partial charge in [-0.1, -0.05) is 30.7 Å². The second-order valence-corrected chi connectivity index (χ2v) is 6.23. The number of rotatable bonds is 7. The number of fused-ring (bicyclic) bond motifs is 1. The fraction of sp³-hybridized carbons (Fsp3) is 0.444. The Morgan fingerprint density at radius 1 is 1.14 bits per heavy atom. The molecular formula is C18H22ClNO2. The average Bonchev–Trinajstić information content (AvgIpc) is 2.76. The molecule has 0 fully saturated rings. The van der Waals surface area contributed by atoms with Gasteiger partial charge in [0, 0.05) is 17.5 Å². The Hall–Kier alpha value is -1.61. The molecule has 0 unspecified atom stereocenters. The molecule has 0 bridgehead atoms. The van der Waals surface area contributed by atoms with E-state index < -0.39 is 0 Å². The highest BCUT2D eigenvalue weighted by Gasteiger charge is 2.33. The van der Waals surface area contributed by atoms with Crippen LogP contribution in [0.2, 0.25) is 0 Å². The molecule has 0 heterocycles. The van der Waals surface area contributed by atoms with Crippen LogP contribution in [-0.2, 0) is 4.79 Å². The van der Waals surface area contributed by atoms with Gasteiger partial charge in [0.25, 0.3) is 5.91 Å². The van der Waals surface area contributed by atoms with E-state index in [-0.39, 0.29) is 17.7 Å². The zero-order valence-corrected chi connectivity index (χ0v) is 13.9. The standard InChI is InChI=1S/C18H22ClNO2/c1-12(2)20-18(22)16-14(9-4-3-7-11-19)13-8-5-6-10-15(13)17(16)21/h5-6,8,10,12H,3-4,7,9,11H2,1-2H3,(H,20,22). The fourth-order valence-corrected chi connectivity index (χ4v) is 2.95. The maximum absolute atomic E-state index is 12.6. The van der Waals surface area contributed by atoms with E-state index in [0.717, 1.165) is 36.8 Å². The number of hydrogen-bond acceptors (Lipinski definition) is 2. The quantitative estimate of drug-likeness (QED) is 0.470. The largest absolute Gasteiger partial charge is 0.350 e. The monoisotopic (exact) mass is 319 g/mol. The molecule has 1 N–H and O–H groups in total. The highest BCUT2D eigenvalue weighted by Crippen LogP contribution is 2.36. The maximum atomic E-state index is 12.6. The molecule has 0 aliphatic heterocycles. The van der Waals surface area contributed by atoms with Crippen LogP contribution in [0.15, 0.2) is 29.8 Å². The SMILES string of the molecule is CC(C)NC(=O)C1=C(CCCCCCl)c2ccccc2C1=O. The summed E-state index contributed by atoms with van der Waals surface area (Å²) >= 11 is 5.71. The Labute approximate surface area is 136 Å². The van der Waals surface area contributed by atoms with E-state index in [9.17, 15) is 9.59 Å². The molecule has 2 rings (SSSR count). The predicted molar refractivity (Wildman–Crippen MR) is 90.2 cm³/mol. The van der Waals surface area contributed by atoms with Crippen LogP contribution < -0.4 is 5.32 Å². The molecule has 0 saturated carbocycles. The summed E-state index contributed by atoms with van der Waals surface area (Å²) in [7, 11) is 0. The first-order valence-electron chi connectivity index (χ1n) is 7.80. The van der Waals surface area contributed by atoms with Crippen molar-refractivity contribution in [3.05, 3.63) is 41.0 Å². The number of carbonyl (C=O) groups excluding carboxylic acids is 2. The summed E-state index contributed by atoms with van der Waals surface area (Å²) in [6.45, 7) is 3.79. The Morgan fingerprint density at radius 2 is 1.82 bits per heavy atom. The third kappa shape index (κ3) is 3.58. The smallest absolute Gasteiger partial charge is 0.255 e. The first kappa shape index (κ1) is 16.8. The van der Waals surface area contributed by atoms with E-state index in [1.54, 1.807) is 6.07 Å². The highest BCUT2D eigenvalue weighted by molar-refractivity contribution is 6.34. The Kier molecular flexibility index (Phi) is 5.78. The van der Waals surface area contributed by atoms with Crippen LogP contribution in [0.25, 0.3) is 5.57 Å². The van der Waals surface area contributed by atoms with Gasteiger partial charge in [-0.15, -0.1) is 11.6 Å². The first-order chi connectivity index (χ1) is 10.6. The Morgan fingerprint density at radius 3 is 2.45 bits per heavy atom. The number of nitrogens with one attached hydrogen (secondary N) is 1. The number of Topliss-reactive ketones (excluding diaryl/α,β-unsaturated/α-hetero) is 1. The van der Waals surface area contributed by atoms with Crippen LogP contribution in [0.4, 0.5) is 0 Å². The zero-order valence-electron chi connectivity index (χ0n) is 13.1. The maximum Gasteiger partial charge on any atom is 0.255 e. The number of benzene rings is 1. The Bertz CT molecular complexity index is 605. The molecular weight excluding hydrogens is 298 g/mol. The molecule has 0 spiro atoms. The van der Waals surface area contributed by atoms with E-state index in [4.69, 9.17) is 11.6 Å². The number of amides is 1. The second kappa shape index (κ2) is 7.59. The van der Waals surface area contributed by atoms with Gasteiger partial charge in [-0.3, -0.25) is 9.59 Å². The fourth-order valence-electron chi connectivity index (χ4n) is 2.76. The lowest BCUT2D eigenvalue weighted by atomic mass is 9.99. The third-order valence-electron chi connectivity index (χ3n) is 3.73. The Balaban J connectivity index is 2.30. The number of unbranched alkanes of at least 4 members (excludes halogenated alkanes) is 2. The van der Waals surface area contributed by atoms with Crippen molar-refractivity contribution in [2.24, 2.45) is 0 Å². The van der Waals surface area contributed by atoms with Crippen molar-refractivity contribution in [1.29, 1.82) is 0 Å². The first-order valence-corrected chi connectivity index (χ1v) is 8.33. The van der Waals surface area contributed by atoms with Crippen molar-refractivity contribution >= 4 is 28.9 Å². The molecule has 1 aliphatic rings. The summed E-state index contributed by atoms with van der Waals surface area (Å²) in [4.78, 5) is 25.0. The lowest BCUT2D eigenvalue weighted by molar-refractivity contribution is -0.117. The summed E-state index contributed by atoms with van der Waals surface area (Å²) in [6.07, 6.45) is 3.63. The van der Waals surface area contributed by atoms with Crippen LogP contribution in [0, 0.1) is 0 Å². The van der Waals surface area contributed by atoms with Gasteiger partial charge in [-0.2, -0.15) is 0 Å². The van der Waals surface area contributed by atoms with E-state index in [1.165, 1.54) is 0 Å². The van der Waals surface area contributed by atoms with Crippen molar-refractivity contribution in [3.63, 3.8) is 0 Å². The number of hydrogen-bond donors (Lipinski definition) is 1. The molecule has 0 saturated heterocycles. The molecule has 3 nitrogen and oxygen atoms in total. The predicted octanol–water partition coefficient (Wildman–Crippen LogP) is 3.96. The van der Waals surface area contributed by atoms with Gasteiger partial charge in [0.2, 0.25) is 0 Å². The van der Waals surface area contributed by atoms with E-state index >= 15 is 0 Å². The molecule has 1 aromatic rings. The molecule has 4 heteroatoms. The molecule has 0 aromatic heterocycles. The number of alkyl halides is 1. The summed E-state index contributed by atoms with van der Waals surface area (Å²) in [5.41, 5.74) is 2.75. The lowest BCUT2D eigenvalue weighted by Gasteiger charge is -2.11. The van der Waals surface area contributed by atoms with Gasteiger partial charge in [0.1, 0.15) is 0 Å². The van der Waals surface area contributed by atoms with Gasteiger partial charge < -0.3 is 5.32 Å². The van der Waals surface area contributed by atoms with Crippen molar-refractivity contribution in [3.8, 4) is 0 Å². The third-order valence-corrected chi connectivity index (χ3v) is 4.00. The summed E-state index contributed by atoms with van der Waals surface area (Å²) in [5, 5.41) is 2.84.